The van der Waals surface area contributed by atoms with Gasteiger partial charge in [-0.1, -0.05) is 19.1 Å². The molecule has 8 nitrogen and oxygen atoms in total. The van der Waals surface area contributed by atoms with Crippen LogP contribution in [0.4, 0.5) is 19.0 Å². The van der Waals surface area contributed by atoms with Gasteiger partial charge in [0.1, 0.15) is 11.9 Å². The third-order valence-electron chi connectivity index (χ3n) is 4.82. The SMILES string of the molecule is Cc1nc(C(F)(F)F)cn1[C@@H](CCO)C(=O)Nc1nnn([C@H](C)C(C)Cl)c1C(C)C. The number of hydrogen-bond donors (Lipinski definition) is 2. The predicted molar refractivity (Wildman–Crippen MR) is 105 cm³/mol. The Morgan fingerprint density at radius 3 is 2.40 bits per heavy atom. The Hall–Kier alpha value is -2.14. The standard InChI is InChI=1S/C18H26ClF3N6O2/c1-9(2)15-16(25-26-28(15)11(4)10(3)19)24-17(30)13(6-7-29)27-8-14(18(20,21)22)23-12(27)5/h8-11,13,29H,6-7H2,1-5H3,(H,24,30)/t10?,11-,13+/m1/s1. The van der Waals surface area contributed by atoms with Crippen molar-refractivity contribution in [2.45, 2.75) is 70.6 Å². The van der Waals surface area contributed by atoms with E-state index in [0.29, 0.717) is 5.69 Å². The summed E-state index contributed by atoms with van der Waals surface area (Å²) < 4.78 is 41.8. The maximum Gasteiger partial charge on any atom is 0.434 e. The van der Waals surface area contributed by atoms with Crippen LogP contribution in [0, 0.1) is 6.92 Å². The monoisotopic (exact) mass is 450 g/mol. The van der Waals surface area contributed by atoms with Gasteiger partial charge in [0, 0.05) is 19.2 Å². The lowest BCUT2D eigenvalue weighted by molar-refractivity contribution is -0.141. The van der Waals surface area contributed by atoms with Gasteiger partial charge in [-0.15, -0.1) is 16.7 Å². The maximum absolute atomic E-state index is 13.0. The Labute approximate surface area is 177 Å². The average molecular weight is 451 g/mol. The van der Waals surface area contributed by atoms with Crippen molar-refractivity contribution in [3.8, 4) is 0 Å². The normalized spacial score (nSPS) is 15.3. The van der Waals surface area contributed by atoms with Crippen LogP contribution < -0.4 is 5.32 Å². The second-order valence-electron chi connectivity index (χ2n) is 7.44. The first-order chi connectivity index (χ1) is 13.9. The van der Waals surface area contributed by atoms with E-state index in [0.717, 1.165) is 10.8 Å². The van der Waals surface area contributed by atoms with Gasteiger partial charge in [-0.25, -0.2) is 9.67 Å². The summed E-state index contributed by atoms with van der Waals surface area (Å²) in [6, 6.07) is -1.30. The minimum atomic E-state index is -4.64. The molecule has 0 aliphatic carbocycles. The van der Waals surface area contributed by atoms with E-state index in [9.17, 15) is 23.1 Å². The molecule has 0 bridgehead atoms. The van der Waals surface area contributed by atoms with E-state index < -0.39 is 30.4 Å². The van der Waals surface area contributed by atoms with Crippen molar-refractivity contribution in [2.24, 2.45) is 0 Å². The van der Waals surface area contributed by atoms with E-state index in [4.69, 9.17) is 11.6 Å². The number of alkyl halides is 4. The van der Waals surface area contributed by atoms with Crippen LogP contribution >= 0.6 is 11.6 Å². The van der Waals surface area contributed by atoms with Crippen LogP contribution in [0.25, 0.3) is 0 Å². The molecule has 1 amide bonds. The lowest BCUT2D eigenvalue weighted by atomic mass is 10.1. The van der Waals surface area contributed by atoms with Crippen molar-refractivity contribution in [1.29, 1.82) is 0 Å². The smallest absolute Gasteiger partial charge is 0.396 e. The van der Waals surface area contributed by atoms with Crippen LogP contribution in [-0.4, -0.2) is 47.5 Å². The minimum Gasteiger partial charge on any atom is -0.396 e. The lowest BCUT2D eigenvalue weighted by Crippen LogP contribution is -2.28. The molecule has 3 atom stereocenters. The number of carbonyl (C=O) groups is 1. The van der Waals surface area contributed by atoms with Crippen molar-refractivity contribution >= 4 is 23.3 Å². The second kappa shape index (κ2) is 9.34. The number of carbonyl (C=O) groups excluding carboxylic acids is 1. The fourth-order valence-electron chi connectivity index (χ4n) is 3.08. The van der Waals surface area contributed by atoms with Gasteiger partial charge in [0.25, 0.3) is 0 Å². The number of halogens is 4. The largest absolute Gasteiger partial charge is 0.434 e. The van der Waals surface area contributed by atoms with Gasteiger partial charge in [0.05, 0.1) is 17.1 Å². The van der Waals surface area contributed by atoms with Gasteiger partial charge in [0.2, 0.25) is 5.91 Å². The van der Waals surface area contributed by atoms with Crippen LogP contribution in [0.5, 0.6) is 0 Å². The highest BCUT2D eigenvalue weighted by atomic mass is 35.5. The minimum absolute atomic E-state index is 0.00764. The molecule has 0 radical (unpaired) electrons. The fourth-order valence-corrected chi connectivity index (χ4v) is 3.19. The van der Waals surface area contributed by atoms with E-state index in [1.165, 1.54) is 6.92 Å². The number of aryl methyl sites for hydroxylation is 1. The van der Waals surface area contributed by atoms with Crippen LogP contribution in [0.1, 0.15) is 69.3 Å². The number of hydrogen-bond acceptors (Lipinski definition) is 5. The molecule has 0 saturated heterocycles. The van der Waals surface area contributed by atoms with Crippen molar-refractivity contribution < 1.29 is 23.1 Å². The first-order valence-electron chi connectivity index (χ1n) is 9.52. The van der Waals surface area contributed by atoms with Crippen molar-refractivity contribution in [3.63, 3.8) is 0 Å². The Bertz CT molecular complexity index is 878. The van der Waals surface area contributed by atoms with Gasteiger partial charge in [-0.3, -0.25) is 4.79 Å². The molecule has 0 aliphatic heterocycles. The average Bonchev–Trinajstić information content (AvgIpc) is 3.22. The van der Waals surface area contributed by atoms with E-state index in [1.54, 1.807) is 4.68 Å². The van der Waals surface area contributed by atoms with Gasteiger partial charge in [0.15, 0.2) is 11.5 Å². The molecule has 2 aromatic rings. The summed E-state index contributed by atoms with van der Waals surface area (Å²) in [7, 11) is 0. The number of anilines is 1. The highest BCUT2D eigenvalue weighted by Crippen LogP contribution is 2.31. The first-order valence-corrected chi connectivity index (χ1v) is 9.95. The van der Waals surface area contributed by atoms with Crippen LogP contribution in [0.3, 0.4) is 0 Å². The number of imidazole rings is 1. The Kier molecular flexibility index (Phi) is 7.51. The summed E-state index contributed by atoms with van der Waals surface area (Å²) >= 11 is 6.18. The molecule has 0 aliphatic rings. The van der Waals surface area contributed by atoms with E-state index in [-0.39, 0.29) is 35.4 Å². The Balaban J connectivity index is 2.38. The molecule has 2 heterocycles. The number of aliphatic hydroxyl groups excluding tert-OH is 1. The van der Waals surface area contributed by atoms with Gasteiger partial charge < -0.3 is 15.0 Å². The van der Waals surface area contributed by atoms with Gasteiger partial charge >= 0.3 is 6.18 Å². The number of amides is 1. The predicted octanol–water partition coefficient (Wildman–Crippen LogP) is 3.68. The van der Waals surface area contributed by atoms with E-state index >= 15 is 0 Å². The molecule has 2 N–H and O–H groups in total. The Morgan fingerprint density at radius 1 is 1.30 bits per heavy atom. The molecule has 12 heteroatoms. The molecule has 2 aromatic heterocycles. The number of aliphatic hydroxyl groups is 1. The quantitative estimate of drug-likeness (QED) is 0.598. The second-order valence-corrected chi connectivity index (χ2v) is 8.12. The molecule has 30 heavy (non-hydrogen) atoms. The van der Waals surface area contributed by atoms with Gasteiger partial charge in [-0.2, -0.15) is 13.2 Å². The molecular formula is C18H26ClF3N6O2. The number of nitrogens with one attached hydrogen (secondary N) is 1. The molecule has 0 aromatic carbocycles. The summed E-state index contributed by atoms with van der Waals surface area (Å²) in [4.78, 5) is 16.4. The highest BCUT2D eigenvalue weighted by molar-refractivity contribution is 6.20. The van der Waals surface area contributed by atoms with Gasteiger partial charge in [-0.05, 0) is 26.7 Å². The summed E-state index contributed by atoms with van der Waals surface area (Å²) in [5, 5.41) is 19.9. The lowest BCUT2D eigenvalue weighted by Gasteiger charge is -2.21. The first kappa shape index (κ1) is 24.1. The zero-order valence-electron chi connectivity index (χ0n) is 17.4. The van der Waals surface area contributed by atoms with Crippen molar-refractivity contribution in [1.82, 2.24) is 24.5 Å². The molecule has 0 saturated carbocycles. The summed E-state index contributed by atoms with van der Waals surface area (Å²) in [5.41, 5.74) is -0.459. The molecule has 2 rings (SSSR count). The zero-order valence-corrected chi connectivity index (χ0v) is 18.2. The topological polar surface area (TPSA) is 97.9 Å². The van der Waals surface area contributed by atoms with Crippen molar-refractivity contribution in [2.75, 3.05) is 11.9 Å². The van der Waals surface area contributed by atoms with E-state index in [1.807, 2.05) is 27.7 Å². The highest BCUT2D eigenvalue weighted by Gasteiger charge is 2.36. The van der Waals surface area contributed by atoms with E-state index in [2.05, 4.69) is 20.6 Å². The Morgan fingerprint density at radius 2 is 1.93 bits per heavy atom. The zero-order chi connectivity index (χ0) is 22.8. The van der Waals surface area contributed by atoms with Crippen molar-refractivity contribution in [3.05, 3.63) is 23.4 Å². The third kappa shape index (κ3) is 5.12. The number of aromatic nitrogens is 5. The molecule has 0 spiro atoms. The van der Waals surface area contributed by atoms with Crippen LogP contribution in [-0.2, 0) is 11.0 Å². The summed E-state index contributed by atoms with van der Waals surface area (Å²) in [6.07, 6.45) is -3.97. The molecule has 168 valence electrons. The molecule has 1 unspecified atom stereocenters. The van der Waals surface area contributed by atoms with Crippen LogP contribution in [0.2, 0.25) is 0 Å². The maximum atomic E-state index is 13.0. The fraction of sp³-hybridized carbons (Fsp3) is 0.667. The summed E-state index contributed by atoms with van der Waals surface area (Å²) in [5.74, 6) is -0.473. The molecular weight excluding hydrogens is 425 g/mol. The number of nitrogens with zero attached hydrogens (tertiary/aromatic N) is 5. The number of rotatable bonds is 8. The molecule has 0 fully saturated rings. The summed E-state index contributed by atoms with van der Waals surface area (Å²) in [6.45, 7) is 8.45. The van der Waals surface area contributed by atoms with Crippen LogP contribution in [0.15, 0.2) is 6.20 Å². The third-order valence-corrected chi connectivity index (χ3v) is 5.18.